The summed E-state index contributed by atoms with van der Waals surface area (Å²) in [4.78, 5) is 28.3. The van der Waals surface area contributed by atoms with E-state index in [9.17, 15) is 18.0 Å². The molecule has 0 aliphatic carbocycles. The number of nitrogens with zero attached hydrogens (tertiary/aromatic N) is 2. The van der Waals surface area contributed by atoms with Crippen molar-refractivity contribution in [1.29, 1.82) is 0 Å². The molecule has 3 aromatic carbocycles. The molecule has 40 heavy (non-hydrogen) atoms. The van der Waals surface area contributed by atoms with Crippen LogP contribution in [0.5, 0.6) is 11.5 Å². The van der Waals surface area contributed by atoms with Crippen LogP contribution in [0.3, 0.4) is 0 Å². The number of amides is 2. The molecule has 11 heteroatoms. The standard InChI is InChI=1S/C29H34BrN3O6S/c1-20(2)31-29(35)21(3)32(18-22-10-12-23(30)13-11-22)28(34)19-33(26-8-6-7-9-27(26)39-5)40(36,37)25-16-14-24(38-4)15-17-25/h6-17,20-21H,18-19H2,1-5H3,(H,31,35). The molecule has 0 aliphatic heterocycles. The Morgan fingerprint density at radius 2 is 1.52 bits per heavy atom. The highest BCUT2D eigenvalue weighted by Crippen LogP contribution is 2.33. The second-order valence-electron chi connectivity index (χ2n) is 9.35. The summed E-state index contributed by atoms with van der Waals surface area (Å²) in [5.74, 6) is -0.137. The molecule has 3 aromatic rings. The van der Waals surface area contributed by atoms with E-state index in [1.165, 1.54) is 43.4 Å². The van der Waals surface area contributed by atoms with Crippen LogP contribution in [0.15, 0.2) is 82.2 Å². The number of hydrogen-bond donors (Lipinski definition) is 1. The fraction of sp³-hybridized carbons (Fsp3) is 0.310. The first-order valence-corrected chi connectivity index (χ1v) is 14.8. The van der Waals surface area contributed by atoms with Gasteiger partial charge in [-0.15, -0.1) is 0 Å². The van der Waals surface area contributed by atoms with Gasteiger partial charge in [-0.2, -0.15) is 0 Å². The third-order valence-electron chi connectivity index (χ3n) is 6.14. The van der Waals surface area contributed by atoms with Crippen LogP contribution >= 0.6 is 15.9 Å². The fourth-order valence-corrected chi connectivity index (χ4v) is 5.69. The summed E-state index contributed by atoms with van der Waals surface area (Å²) in [7, 11) is -1.33. The SMILES string of the molecule is COc1ccc(S(=O)(=O)N(CC(=O)N(Cc2ccc(Br)cc2)C(C)C(=O)NC(C)C)c2ccccc2OC)cc1. The number of sulfonamides is 1. The lowest BCUT2D eigenvalue weighted by Crippen LogP contribution is -2.52. The number of carbonyl (C=O) groups excluding carboxylic acids is 2. The third-order valence-corrected chi connectivity index (χ3v) is 8.45. The van der Waals surface area contributed by atoms with Crippen molar-refractivity contribution in [3.63, 3.8) is 0 Å². The van der Waals surface area contributed by atoms with E-state index in [0.29, 0.717) is 5.75 Å². The Morgan fingerprint density at radius 1 is 0.900 bits per heavy atom. The monoisotopic (exact) mass is 631 g/mol. The van der Waals surface area contributed by atoms with E-state index in [2.05, 4.69) is 21.2 Å². The van der Waals surface area contributed by atoms with Gasteiger partial charge in [0, 0.05) is 17.1 Å². The number of halogens is 1. The van der Waals surface area contributed by atoms with Gasteiger partial charge in [0.05, 0.1) is 24.8 Å². The highest BCUT2D eigenvalue weighted by molar-refractivity contribution is 9.10. The minimum Gasteiger partial charge on any atom is -0.497 e. The number of anilines is 1. The van der Waals surface area contributed by atoms with Gasteiger partial charge in [0.15, 0.2) is 0 Å². The molecule has 1 unspecified atom stereocenters. The van der Waals surface area contributed by atoms with Crippen molar-refractivity contribution < 1.29 is 27.5 Å². The lowest BCUT2D eigenvalue weighted by atomic mass is 10.1. The maximum atomic E-state index is 14.0. The first kappa shape index (κ1) is 31.0. The number of benzene rings is 3. The molecule has 1 atom stereocenters. The fourth-order valence-electron chi connectivity index (χ4n) is 4.00. The van der Waals surface area contributed by atoms with E-state index in [-0.39, 0.29) is 34.8 Å². The Balaban J connectivity index is 2.06. The van der Waals surface area contributed by atoms with Crippen molar-refractivity contribution in [2.75, 3.05) is 25.1 Å². The molecule has 214 valence electrons. The first-order chi connectivity index (χ1) is 19.0. The van der Waals surface area contributed by atoms with Gasteiger partial charge >= 0.3 is 0 Å². The van der Waals surface area contributed by atoms with Crippen molar-refractivity contribution in [3.05, 3.63) is 82.8 Å². The zero-order chi connectivity index (χ0) is 29.4. The van der Waals surface area contributed by atoms with E-state index in [1.54, 1.807) is 31.2 Å². The lowest BCUT2D eigenvalue weighted by Gasteiger charge is -2.32. The number of nitrogens with one attached hydrogen (secondary N) is 1. The Morgan fingerprint density at radius 3 is 2.10 bits per heavy atom. The Bertz CT molecular complexity index is 1410. The summed E-state index contributed by atoms with van der Waals surface area (Å²) in [5.41, 5.74) is 0.972. The number of rotatable bonds is 12. The molecule has 0 saturated carbocycles. The molecule has 0 radical (unpaired) electrons. The summed E-state index contributed by atoms with van der Waals surface area (Å²) in [5, 5.41) is 2.84. The highest BCUT2D eigenvalue weighted by Gasteiger charge is 2.33. The summed E-state index contributed by atoms with van der Waals surface area (Å²) < 4.78 is 40.5. The van der Waals surface area contributed by atoms with Crippen LogP contribution in [0.4, 0.5) is 5.69 Å². The molecular weight excluding hydrogens is 598 g/mol. The highest BCUT2D eigenvalue weighted by atomic mass is 79.9. The van der Waals surface area contributed by atoms with Gasteiger partial charge in [0.1, 0.15) is 24.1 Å². The minimum absolute atomic E-state index is 0.0305. The Labute approximate surface area is 244 Å². The largest absolute Gasteiger partial charge is 0.497 e. The second-order valence-corrected chi connectivity index (χ2v) is 12.1. The molecule has 1 N–H and O–H groups in total. The van der Waals surface area contributed by atoms with Crippen molar-refractivity contribution in [1.82, 2.24) is 10.2 Å². The predicted molar refractivity (Wildman–Crippen MR) is 158 cm³/mol. The van der Waals surface area contributed by atoms with Crippen LogP contribution < -0.4 is 19.1 Å². The van der Waals surface area contributed by atoms with Gasteiger partial charge in [-0.1, -0.05) is 40.2 Å². The molecule has 0 fully saturated rings. The molecular formula is C29H34BrN3O6S. The van der Waals surface area contributed by atoms with Crippen LogP contribution in [0, 0.1) is 0 Å². The molecule has 0 spiro atoms. The number of carbonyl (C=O) groups is 2. The summed E-state index contributed by atoms with van der Waals surface area (Å²) >= 11 is 3.41. The molecule has 3 rings (SSSR count). The Kier molecular flexibility index (Phi) is 10.6. The van der Waals surface area contributed by atoms with Crippen molar-refractivity contribution in [2.24, 2.45) is 0 Å². The quantitative estimate of drug-likeness (QED) is 0.313. The van der Waals surface area contributed by atoms with Crippen LogP contribution in [-0.4, -0.2) is 58.0 Å². The second kappa shape index (κ2) is 13.7. The summed E-state index contributed by atoms with van der Waals surface area (Å²) in [6.45, 7) is 4.82. The van der Waals surface area contributed by atoms with Gasteiger partial charge in [-0.25, -0.2) is 8.42 Å². The average molecular weight is 633 g/mol. The van der Waals surface area contributed by atoms with Crippen molar-refractivity contribution >= 4 is 43.5 Å². The normalized spacial score (nSPS) is 12.0. The first-order valence-electron chi connectivity index (χ1n) is 12.6. The average Bonchev–Trinajstić information content (AvgIpc) is 2.94. The van der Waals surface area contributed by atoms with Crippen molar-refractivity contribution in [3.8, 4) is 11.5 Å². The molecule has 0 saturated heterocycles. The van der Waals surface area contributed by atoms with Gasteiger partial charge in [0.2, 0.25) is 11.8 Å². The van der Waals surface area contributed by atoms with Gasteiger partial charge < -0.3 is 19.7 Å². The number of methoxy groups -OCH3 is 2. The van der Waals surface area contributed by atoms with Crippen LogP contribution in [0.2, 0.25) is 0 Å². The van der Waals surface area contributed by atoms with E-state index in [0.717, 1.165) is 14.3 Å². The molecule has 2 amide bonds. The summed E-state index contributed by atoms with van der Waals surface area (Å²) in [6.07, 6.45) is 0. The summed E-state index contributed by atoms with van der Waals surface area (Å²) in [6, 6.07) is 18.8. The minimum atomic E-state index is -4.24. The van der Waals surface area contributed by atoms with Gasteiger partial charge in [-0.05, 0) is 74.9 Å². The number of ether oxygens (including phenoxy) is 2. The third kappa shape index (κ3) is 7.54. The Hall–Kier alpha value is -3.57. The zero-order valence-electron chi connectivity index (χ0n) is 23.1. The molecule has 0 aliphatic rings. The number of hydrogen-bond acceptors (Lipinski definition) is 6. The topological polar surface area (TPSA) is 105 Å². The van der Waals surface area contributed by atoms with Crippen LogP contribution in [0.1, 0.15) is 26.3 Å². The lowest BCUT2D eigenvalue weighted by molar-refractivity contribution is -0.139. The predicted octanol–water partition coefficient (Wildman–Crippen LogP) is 4.60. The zero-order valence-corrected chi connectivity index (χ0v) is 25.5. The van der Waals surface area contributed by atoms with Crippen molar-refractivity contribution in [2.45, 2.75) is 44.3 Å². The molecule has 0 bridgehead atoms. The van der Waals surface area contributed by atoms with Crippen LogP contribution in [-0.2, 0) is 26.2 Å². The van der Waals surface area contributed by atoms with E-state index in [1.807, 2.05) is 38.1 Å². The number of para-hydroxylation sites is 2. The maximum Gasteiger partial charge on any atom is 0.264 e. The molecule has 0 aromatic heterocycles. The smallest absolute Gasteiger partial charge is 0.264 e. The van der Waals surface area contributed by atoms with Gasteiger partial charge in [0.25, 0.3) is 10.0 Å². The van der Waals surface area contributed by atoms with E-state index in [4.69, 9.17) is 9.47 Å². The van der Waals surface area contributed by atoms with E-state index >= 15 is 0 Å². The van der Waals surface area contributed by atoms with Crippen LogP contribution in [0.25, 0.3) is 0 Å². The molecule has 9 nitrogen and oxygen atoms in total. The maximum absolute atomic E-state index is 14.0. The molecule has 0 heterocycles. The van der Waals surface area contributed by atoms with E-state index < -0.39 is 28.5 Å². The van der Waals surface area contributed by atoms with Gasteiger partial charge in [-0.3, -0.25) is 13.9 Å².